The van der Waals surface area contributed by atoms with Gasteiger partial charge in [-0.05, 0) is 42.6 Å². The molecule has 0 atom stereocenters. The van der Waals surface area contributed by atoms with Crippen LogP contribution in [-0.2, 0) is 5.41 Å². The van der Waals surface area contributed by atoms with Gasteiger partial charge in [0.1, 0.15) is 4.60 Å². The first-order valence-electron chi connectivity index (χ1n) is 4.75. The third-order valence-electron chi connectivity index (χ3n) is 2.70. The van der Waals surface area contributed by atoms with Crippen molar-refractivity contribution in [1.29, 1.82) is 5.26 Å². The molecule has 1 fully saturated rings. The van der Waals surface area contributed by atoms with Crippen molar-refractivity contribution in [3.8, 4) is 6.07 Å². The maximum atomic E-state index is 9.07. The Kier molecular flexibility index (Phi) is 2.15. The highest BCUT2D eigenvalue weighted by molar-refractivity contribution is 9.10. The minimum Gasteiger partial charge on any atom is -0.256 e. The van der Waals surface area contributed by atoms with Crippen LogP contribution in [0.4, 0.5) is 0 Å². The summed E-state index contributed by atoms with van der Waals surface area (Å²) in [6.45, 7) is 4.15. The van der Waals surface area contributed by atoms with Crippen LogP contribution in [0.2, 0.25) is 0 Å². The highest BCUT2D eigenvalue weighted by Crippen LogP contribution is 2.50. The van der Waals surface area contributed by atoms with Crippen LogP contribution in [0.25, 0.3) is 0 Å². The topological polar surface area (TPSA) is 41.6 Å². The molecule has 1 aromatic rings. The molecule has 74 valence electrons. The number of hydrogen-bond acceptors (Lipinski definition) is 2. The third-order valence-corrected chi connectivity index (χ3v) is 3.49. The fraction of sp³-hybridized carbons (Fsp3) is 0.600. The smallest absolute Gasteiger partial charge is 0.109 e. The Bertz CT molecular complexity index is 396. The lowest BCUT2D eigenvalue weighted by Crippen LogP contribution is -2.06. The number of nitriles is 1. The predicted octanol–water partition coefficient (Wildman–Crippen LogP) is 2.78. The van der Waals surface area contributed by atoms with Crippen molar-refractivity contribution in [1.82, 2.24) is 9.78 Å². The van der Waals surface area contributed by atoms with Crippen LogP contribution < -0.4 is 0 Å². The van der Waals surface area contributed by atoms with Crippen LogP contribution in [0.5, 0.6) is 0 Å². The summed E-state index contributed by atoms with van der Waals surface area (Å²) in [4.78, 5) is 0. The molecule has 0 amide bonds. The van der Waals surface area contributed by atoms with Gasteiger partial charge in [-0.3, -0.25) is 4.68 Å². The molecule has 1 aromatic heterocycles. The van der Waals surface area contributed by atoms with Gasteiger partial charge in [0, 0.05) is 11.6 Å². The molecular formula is C10H12BrN3. The van der Waals surface area contributed by atoms with Crippen molar-refractivity contribution < 1.29 is 0 Å². The Labute approximate surface area is 91.8 Å². The van der Waals surface area contributed by atoms with Crippen molar-refractivity contribution in [2.24, 2.45) is 0 Å². The van der Waals surface area contributed by atoms with Crippen LogP contribution in [0.3, 0.4) is 0 Å². The van der Waals surface area contributed by atoms with E-state index >= 15 is 0 Å². The minimum atomic E-state index is -0.244. The van der Waals surface area contributed by atoms with Crippen LogP contribution in [0.15, 0.2) is 10.8 Å². The van der Waals surface area contributed by atoms with Gasteiger partial charge in [-0.2, -0.15) is 10.4 Å². The van der Waals surface area contributed by atoms with Gasteiger partial charge >= 0.3 is 0 Å². The fourth-order valence-electron chi connectivity index (χ4n) is 1.59. The molecule has 3 nitrogen and oxygen atoms in total. The Hall–Kier alpha value is -0.820. The molecule has 2 rings (SSSR count). The second-order valence-corrected chi connectivity index (χ2v) is 4.83. The Balaban J connectivity index is 2.43. The maximum absolute atomic E-state index is 9.07. The molecule has 0 saturated heterocycles. The van der Waals surface area contributed by atoms with Crippen LogP contribution in [-0.4, -0.2) is 9.78 Å². The van der Waals surface area contributed by atoms with E-state index in [0.717, 1.165) is 23.0 Å². The number of hydrogen-bond donors (Lipinski definition) is 0. The standard InChI is InChI=1S/C10H12BrN3/c1-7(2)14-9(11)8(5-13-14)10(6-12)3-4-10/h5,7H,3-4H2,1-2H3. The maximum Gasteiger partial charge on any atom is 0.109 e. The summed E-state index contributed by atoms with van der Waals surface area (Å²) in [6, 6.07) is 2.70. The molecule has 0 aliphatic heterocycles. The number of halogens is 1. The van der Waals surface area contributed by atoms with E-state index in [0.29, 0.717) is 6.04 Å². The zero-order chi connectivity index (χ0) is 10.3. The Morgan fingerprint density at radius 1 is 1.64 bits per heavy atom. The van der Waals surface area contributed by atoms with Crippen molar-refractivity contribution in [3.63, 3.8) is 0 Å². The molecule has 1 aliphatic rings. The quantitative estimate of drug-likeness (QED) is 0.814. The molecule has 0 unspecified atom stereocenters. The number of aromatic nitrogens is 2. The van der Waals surface area contributed by atoms with Gasteiger partial charge in [0.15, 0.2) is 0 Å². The monoisotopic (exact) mass is 253 g/mol. The second kappa shape index (κ2) is 3.09. The molecule has 1 saturated carbocycles. The van der Waals surface area contributed by atoms with Crippen LogP contribution >= 0.6 is 15.9 Å². The zero-order valence-electron chi connectivity index (χ0n) is 8.29. The van der Waals surface area contributed by atoms with Gasteiger partial charge in [0.2, 0.25) is 0 Å². The van der Waals surface area contributed by atoms with Crippen LogP contribution in [0.1, 0.15) is 38.3 Å². The lowest BCUT2D eigenvalue weighted by Gasteiger charge is -2.08. The van der Waals surface area contributed by atoms with Crippen molar-refractivity contribution in [3.05, 3.63) is 16.4 Å². The van der Waals surface area contributed by atoms with Crippen molar-refractivity contribution in [2.45, 2.75) is 38.1 Å². The van der Waals surface area contributed by atoms with Crippen molar-refractivity contribution in [2.75, 3.05) is 0 Å². The fourth-order valence-corrected chi connectivity index (χ4v) is 2.58. The molecular weight excluding hydrogens is 242 g/mol. The molecule has 0 radical (unpaired) electrons. The summed E-state index contributed by atoms with van der Waals surface area (Å²) in [5, 5.41) is 13.4. The highest BCUT2D eigenvalue weighted by Gasteiger charge is 2.47. The van der Waals surface area contributed by atoms with E-state index in [2.05, 4.69) is 40.9 Å². The summed E-state index contributed by atoms with van der Waals surface area (Å²) >= 11 is 3.52. The van der Waals surface area contributed by atoms with Gasteiger partial charge in [0.05, 0.1) is 17.7 Å². The van der Waals surface area contributed by atoms with E-state index in [-0.39, 0.29) is 5.41 Å². The molecule has 1 heterocycles. The average Bonchev–Trinajstić information content (AvgIpc) is 2.84. The Morgan fingerprint density at radius 2 is 2.29 bits per heavy atom. The van der Waals surface area contributed by atoms with E-state index in [4.69, 9.17) is 5.26 Å². The lowest BCUT2D eigenvalue weighted by molar-refractivity contribution is 0.521. The van der Waals surface area contributed by atoms with E-state index in [1.54, 1.807) is 0 Å². The number of rotatable bonds is 2. The molecule has 14 heavy (non-hydrogen) atoms. The van der Waals surface area contributed by atoms with Crippen LogP contribution in [0, 0.1) is 11.3 Å². The summed E-state index contributed by atoms with van der Waals surface area (Å²) in [7, 11) is 0. The lowest BCUT2D eigenvalue weighted by atomic mass is 10.0. The first-order chi connectivity index (χ1) is 6.60. The SMILES string of the molecule is CC(C)n1ncc(C2(C#N)CC2)c1Br. The van der Waals surface area contributed by atoms with Gasteiger partial charge in [-0.25, -0.2) is 0 Å². The van der Waals surface area contributed by atoms with Gasteiger partial charge < -0.3 is 0 Å². The molecule has 0 bridgehead atoms. The Morgan fingerprint density at radius 3 is 2.64 bits per heavy atom. The first-order valence-corrected chi connectivity index (χ1v) is 5.55. The summed E-state index contributed by atoms with van der Waals surface area (Å²) < 4.78 is 2.87. The van der Waals surface area contributed by atoms with Gasteiger partial charge in [0.25, 0.3) is 0 Å². The van der Waals surface area contributed by atoms with Gasteiger partial charge in [-0.15, -0.1) is 0 Å². The molecule has 0 spiro atoms. The minimum absolute atomic E-state index is 0.244. The molecule has 0 N–H and O–H groups in total. The third kappa shape index (κ3) is 1.27. The first kappa shape index (κ1) is 9.72. The highest BCUT2D eigenvalue weighted by atomic mass is 79.9. The predicted molar refractivity (Wildman–Crippen MR) is 56.8 cm³/mol. The summed E-state index contributed by atoms with van der Waals surface area (Å²) in [6.07, 6.45) is 3.75. The zero-order valence-corrected chi connectivity index (χ0v) is 9.87. The molecule has 4 heteroatoms. The van der Waals surface area contributed by atoms with E-state index in [1.807, 2.05) is 10.9 Å². The van der Waals surface area contributed by atoms with E-state index in [1.165, 1.54) is 0 Å². The van der Waals surface area contributed by atoms with Gasteiger partial charge in [-0.1, -0.05) is 0 Å². The average molecular weight is 254 g/mol. The second-order valence-electron chi connectivity index (χ2n) is 4.08. The van der Waals surface area contributed by atoms with E-state index in [9.17, 15) is 0 Å². The summed E-state index contributed by atoms with van der Waals surface area (Å²) in [5.74, 6) is 0. The van der Waals surface area contributed by atoms with E-state index < -0.39 is 0 Å². The largest absolute Gasteiger partial charge is 0.256 e. The number of nitrogens with zero attached hydrogens (tertiary/aromatic N) is 3. The molecule has 0 aromatic carbocycles. The summed E-state index contributed by atoms with van der Waals surface area (Å²) in [5.41, 5.74) is 0.806. The normalized spacial score (nSPS) is 18.2. The molecule has 1 aliphatic carbocycles. The van der Waals surface area contributed by atoms with Crippen molar-refractivity contribution >= 4 is 15.9 Å².